The summed E-state index contributed by atoms with van der Waals surface area (Å²) in [5.41, 5.74) is 13.7. The first-order valence-corrected chi connectivity index (χ1v) is 15.7. The van der Waals surface area contributed by atoms with Crippen molar-refractivity contribution in [2.24, 2.45) is 0 Å². The molecule has 8 rings (SSSR count). The van der Waals surface area contributed by atoms with E-state index in [1.165, 1.54) is 0 Å². The molecule has 2 nitrogen and oxygen atoms in total. The standard InChI is InChI=1S/C45H28O2/c1-30-23-25-32(26-24-30)44(47)42(29-39-35-17-7-5-15-33(35)34-16-6-8-18-36(34)39)45(28-27-43(46)31-13-3-2-4-14-31)40-21-11-9-19-37(40)38-20-10-12-22-41(38)45/h2-26H,1H3. The van der Waals surface area contributed by atoms with Crippen molar-refractivity contribution in [3.63, 3.8) is 0 Å². The molecule has 6 aromatic rings. The summed E-state index contributed by atoms with van der Waals surface area (Å²) < 4.78 is 0. The van der Waals surface area contributed by atoms with Crippen LogP contribution in [0.1, 0.15) is 48.5 Å². The molecule has 0 atom stereocenters. The number of allylic oxidation sites excluding steroid dienone is 1. The second-order valence-electron chi connectivity index (χ2n) is 11.9. The lowest BCUT2D eigenvalue weighted by Gasteiger charge is -2.28. The molecule has 0 amide bonds. The Morgan fingerprint density at radius 2 is 0.957 bits per heavy atom. The van der Waals surface area contributed by atoms with E-state index in [1.54, 1.807) is 12.1 Å². The van der Waals surface area contributed by atoms with Crippen LogP contribution in [-0.2, 0) is 5.41 Å². The van der Waals surface area contributed by atoms with Gasteiger partial charge in [0.1, 0.15) is 5.41 Å². The normalized spacial score (nSPS) is 12.8. The Hall–Kier alpha value is -6.26. The van der Waals surface area contributed by atoms with Crippen LogP contribution in [0.2, 0.25) is 0 Å². The van der Waals surface area contributed by atoms with Crippen LogP contribution in [0.3, 0.4) is 0 Å². The highest BCUT2D eigenvalue weighted by Gasteiger charge is 2.48. The first-order chi connectivity index (χ1) is 23.1. The van der Waals surface area contributed by atoms with Crippen LogP contribution in [-0.4, -0.2) is 11.6 Å². The maximum Gasteiger partial charge on any atom is 0.235 e. The third kappa shape index (κ3) is 4.53. The third-order valence-electron chi connectivity index (χ3n) is 9.20. The van der Waals surface area contributed by atoms with Gasteiger partial charge in [0, 0.05) is 16.7 Å². The monoisotopic (exact) mass is 600 g/mol. The first kappa shape index (κ1) is 28.2. The molecule has 0 N–H and O–H groups in total. The van der Waals surface area contributed by atoms with Gasteiger partial charge in [-0.15, -0.1) is 5.73 Å². The van der Waals surface area contributed by atoms with Crippen LogP contribution in [0.4, 0.5) is 0 Å². The number of rotatable bonds is 4. The lowest BCUT2D eigenvalue weighted by molar-refractivity contribution is 0.102. The molecule has 0 unspecified atom stereocenters. The van der Waals surface area contributed by atoms with E-state index in [2.05, 4.69) is 54.0 Å². The number of hydrogen-bond acceptors (Lipinski definition) is 2. The average Bonchev–Trinajstić information content (AvgIpc) is 3.60. The second kappa shape index (κ2) is 11.3. The number of carbonyl (C=O) groups is 2. The van der Waals surface area contributed by atoms with Crippen LogP contribution in [0, 0.1) is 18.8 Å². The maximum atomic E-state index is 15.1. The lowest BCUT2D eigenvalue weighted by Crippen LogP contribution is -2.31. The van der Waals surface area contributed by atoms with Crippen LogP contribution >= 0.6 is 0 Å². The zero-order valence-corrected chi connectivity index (χ0v) is 25.8. The van der Waals surface area contributed by atoms with Crippen molar-refractivity contribution in [1.29, 1.82) is 0 Å². The van der Waals surface area contributed by atoms with Crippen LogP contribution in [0.5, 0.6) is 0 Å². The van der Waals surface area contributed by atoms with Crippen molar-refractivity contribution in [1.82, 2.24) is 0 Å². The predicted octanol–water partition coefficient (Wildman–Crippen LogP) is 9.67. The number of aryl methyl sites for hydroxylation is 1. The van der Waals surface area contributed by atoms with Gasteiger partial charge in [0.15, 0.2) is 5.78 Å². The van der Waals surface area contributed by atoms with Crippen molar-refractivity contribution in [2.45, 2.75) is 12.3 Å². The molecule has 0 bridgehead atoms. The van der Waals surface area contributed by atoms with E-state index in [1.807, 2.05) is 110 Å². The zero-order chi connectivity index (χ0) is 32.0. The summed E-state index contributed by atoms with van der Waals surface area (Å²) in [5, 5.41) is 0. The highest BCUT2D eigenvalue weighted by molar-refractivity contribution is 6.15. The molecular formula is C45H28O2. The minimum atomic E-state index is -1.28. The number of hydrogen-bond donors (Lipinski definition) is 0. The van der Waals surface area contributed by atoms with Gasteiger partial charge in [-0.2, -0.15) is 0 Å². The van der Waals surface area contributed by atoms with E-state index in [0.29, 0.717) is 16.7 Å². The average molecular weight is 601 g/mol. The fourth-order valence-corrected chi connectivity index (χ4v) is 6.96. The van der Waals surface area contributed by atoms with Crippen LogP contribution in [0.15, 0.2) is 163 Å². The Morgan fingerprint density at radius 3 is 1.51 bits per heavy atom. The van der Waals surface area contributed by atoms with Crippen molar-refractivity contribution in [3.05, 3.63) is 202 Å². The number of fused-ring (bicyclic) bond motifs is 6. The molecule has 0 fully saturated rings. The quantitative estimate of drug-likeness (QED) is 0.0663. The van der Waals surface area contributed by atoms with Crippen molar-refractivity contribution >= 4 is 17.1 Å². The summed E-state index contributed by atoms with van der Waals surface area (Å²) in [5.74, 6) is 5.97. The lowest BCUT2D eigenvalue weighted by atomic mass is 9.70. The zero-order valence-electron chi connectivity index (χ0n) is 25.8. The van der Waals surface area contributed by atoms with Gasteiger partial charge in [-0.05, 0) is 57.4 Å². The van der Waals surface area contributed by atoms with E-state index in [0.717, 1.165) is 55.6 Å². The smallest absolute Gasteiger partial charge is 0.235 e. The van der Waals surface area contributed by atoms with Gasteiger partial charge in [-0.3, -0.25) is 9.59 Å². The SMILES string of the molecule is Cc1ccc(C(=O)C(=C=C2c3ccccc3-c3ccccc32)C2(C#CC(=O)c3ccccc3)c3ccccc3-c3ccccc32)cc1. The van der Waals surface area contributed by atoms with E-state index in [-0.39, 0.29) is 11.6 Å². The van der Waals surface area contributed by atoms with Crippen LogP contribution in [0.25, 0.3) is 27.8 Å². The molecule has 0 saturated carbocycles. The van der Waals surface area contributed by atoms with Gasteiger partial charge in [-0.1, -0.05) is 163 Å². The molecule has 0 radical (unpaired) electrons. The molecule has 0 aromatic heterocycles. The van der Waals surface area contributed by atoms with Crippen molar-refractivity contribution in [3.8, 4) is 34.1 Å². The first-order valence-electron chi connectivity index (χ1n) is 15.7. The van der Waals surface area contributed by atoms with E-state index in [9.17, 15) is 4.79 Å². The molecule has 220 valence electrons. The highest BCUT2D eigenvalue weighted by Crippen LogP contribution is 2.54. The van der Waals surface area contributed by atoms with Crippen LogP contribution < -0.4 is 0 Å². The summed E-state index contributed by atoms with van der Waals surface area (Å²) in [6.07, 6.45) is 0. The van der Waals surface area contributed by atoms with Gasteiger partial charge >= 0.3 is 0 Å². The van der Waals surface area contributed by atoms with Gasteiger partial charge in [0.05, 0.1) is 5.57 Å². The fourth-order valence-electron chi connectivity index (χ4n) is 6.96. The van der Waals surface area contributed by atoms with E-state index in [4.69, 9.17) is 0 Å². The number of benzene rings is 6. The van der Waals surface area contributed by atoms with Crippen molar-refractivity contribution in [2.75, 3.05) is 0 Å². The molecule has 2 heteroatoms. The second-order valence-corrected chi connectivity index (χ2v) is 11.9. The largest absolute Gasteiger partial charge is 0.288 e. The predicted molar refractivity (Wildman–Crippen MR) is 188 cm³/mol. The minimum Gasteiger partial charge on any atom is -0.288 e. The number of Topliss-reactive ketones (excluding diaryl/α,β-unsaturated/α-hetero) is 2. The van der Waals surface area contributed by atoms with Gasteiger partial charge in [0.25, 0.3) is 0 Å². The summed E-state index contributed by atoms with van der Waals surface area (Å²) in [4.78, 5) is 28.8. The van der Waals surface area contributed by atoms with Gasteiger partial charge in [-0.25, -0.2) is 0 Å². The molecule has 0 heterocycles. The number of carbonyl (C=O) groups excluding carboxylic acids is 2. The summed E-state index contributed by atoms with van der Waals surface area (Å²) in [6, 6.07) is 49.3. The maximum absolute atomic E-state index is 15.1. The fraction of sp³-hybridized carbons (Fsp3) is 0.0444. The Kier molecular flexibility index (Phi) is 6.77. The summed E-state index contributed by atoms with van der Waals surface area (Å²) >= 11 is 0. The van der Waals surface area contributed by atoms with Crippen molar-refractivity contribution < 1.29 is 9.59 Å². The van der Waals surface area contributed by atoms with E-state index >= 15 is 4.79 Å². The van der Waals surface area contributed by atoms with Gasteiger partial charge in [0.2, 0.25) is 5.78 Å². The summed E-state index contributed by atoms with van der Waals surface area (Å²) in [6.45, 7) is 2.00. The molecular weight excluding hydrogens is 572 g/mol. The molecule has 6 aromatic carbocycles. The van der Waals surface area contributed by atoms with E-state index < -0.39 is 5.41 Å². The Labute approximate surface area is 274 Å². The topological polar surface area (TPSA) is 34.1 Å². The Bertz CT molecular complexity index is 2280. The van der Waals surface area contributed by atoms with Gasteiger partial charge < -0.3 is 0 Å². The third-order valence-corrected chi connectivity index (χ3v) is 9.20. The molecule has 2 aliphatic rings. The molecule has 0 saturated heterocycles. The molecule has 0 spiro atoms. The minimum absolute atomic E-state index is 0.188. The Morgan fingerprint density at radius 1 is 0.489 bits per heavy atom. The molecule has 2 aliphatic carbocycles. The Balaban J connectivity index is 1.53. The summed E-state index contributed by atoms with van der Waals surface area (Å²) in [7, 11) is 0. The number of ketones is 2. The highest BCUT2D eigenvalue weighted by atomic mass is 16.1. The molecule has 47 heavy (non-hydrogen) atoms. The molecule has 0 aliphatic heterocycles.